The maximum absolute atomic E-state index is 13.9. The summed E-state index contributed by atoms with van der Waals surface area (Å²) in [6.45, 7) is 0. The van der Waals surface area contributed by atoms with Crippen molar-refractivity contribution in [3.63, 3.8) is 0 Å². The lowest BCUT2D eigenvalue weighted by Gasteiger charge is -2.48. The highest BCUT2D eigenvalue weighted by Crippen LogP contribution is 2.53. The molecule has 0 aromatic heterocycles. The van der Waals surface area contributed by atoms with Crippen LogP contribution in [0.4, 0.5) is 0 Å². The van der Waals surface area contributed by atoms with Gasteiger partial charge in [-0.2, -0.15) is 0 Å². The van der Waals surface area contributed by atoms with E-state index in [1.165, 1.54) is 13.2 Å². The number of hydrogen-bond acceptors (Lipinski definition) is 7. The number of phenolic OH excluding ortho intramolecular Hbond substituents is 1. The Morgan fingerprint density at radius 1 is 1.08 bits per heavy atom. The van der Waals surface area contributed by atoms with E-state index >= 15 is 0 Å². The molecule has 0 unspecified atom stereocenters. The van der Waals surface area contributed by atoms with Crippen LogP contribution >= 0.6 is 15.9 Å². The highest BCUT2D eigenvalue weighted by molar-refractivity contribution is 9.10. The van der Waals surface area contributed by atoms with Crippen LogP contribution in [-0.2, 0) is 25.5 Å². The fourth-order valence-corrected chi connectivity index (χ4v) is 6.16. The third kappa shape index (κ3) is 3.72. The average Bonchev–Trinajstić information content (AvgIpc) is 2.84. The van der Waals surface area contributed by atoms with E-state index in [1.54, 1.807) is 6.07 Å². The summed E-state index contributed by atoms with van der Waals surface area (Å²) in [6.07, 6.45) is 4.11. The van der Waals surface area contributed by atoms with Gasteiger partial charge in [0.25, 0.3) is 5.91 Å². The number of Topliss-reactive ketones (excluding diaryl/α,β-unsaturated/α-hetero) is 2. The van der Waals surface area contributed by atoms with Gasteiger partial charge in [0.05, 0.1) is 5.56 Å². The van der Waals surface area contributed by atoms with Crippen molar-refractivity contribution in [3.05, 3.63) is 80.0 Å². The van der Waals surface area contributed by atoms with Crippen LogP contribution in [0, 0.1) is 11.8 Å². The van der Waals surface area contributed by atoms with Gasteiger partial charge in [-0.1, -0.05) is 46.3 Å². The summed E-state index contributed by atoms with van der Waals surface area (Å²) in [7, 11) is 1.20. The molecule has 1 amide bonds. The number of hydrogen-bond donors (Lipinski definition) is 4. The number of benzene rings is 2. The molecular formula is C28H24BrNO7. The second kappa shape index (κ2) is 9.00. The Kier molecular flexibility index (Phi) is 6.08. The molecule has 2 aromatic carbocycles. The summed E-state index contributed by atoms with van der Waals surface area (Å²) in [5.74, 6) is -5.25. The number of ketones is 2. The van der Waals surface area contributed by atoms with Crippen molar-refractivity contribution in [2.75, 3.05) is 7.11 Å². The fraction of sp³-hybridized carbons (Fsp3) is 0.250. The molecule has 5 rings (SSSR count). The minimum atomic E-state index is -2.02. The molecule has 5 N–H and O–H groups in total. The number of nitrogens with two attached hydrogens (primary N) is 1. The van der Waals surface area contributed by atoms with Gasteiger partial charge in [-0.05, 0) is 53.6 Å². The molecule has 0 bridgehead atoms. The SMILES string of the molecule is CO[C@]12C(=O)C3=C(O)c4c(O)ccc(/C=C/c5ccc(Br)cc5)c4C[C@H]3C[C@H]1CC(=O)C(C(N)=O)=C2O. The van der Waals surface area contributed by atoms with E-state index in [2.05, 4.69) is 15.9 Å². The van der Waals surface area contributed by atoms with Crippen molar-refractivity contribution in [1.29, 1.82) is 0 Å². The Morgan fingerprint density at radius 3 is 2.43 bits per heavy atom. The maximum Gasteiger partial charge on any atom is 0.255 e. The van der Waals surface area contributed by atoms with E-state index in [9.17, 15) is 29.7 Å². The van der Waals surface area contributed by atoms with E-state index in [4.69, 9.17) is 10.5 Å². The number of methoxy groups -OCH3 is 1. The molecule has 9 heteroatoms. The zero-order chi connectivity index (χ0) is 26.6. The summed E-state index contributed by atoms with van der Waals surface area (Å²) < 4.78 is 6.48. The number of phenols is 1. The predicted octanol–water partition coefficient (Wildman–Crippen LogP) is 4.01. The lowest BCUT2D eigenvalue weighted by atomic mass is 9.59. The Labute approximate surface area is 220 Å². The summed E-state index contributed by atoms with van der Waals surface area (Å²) >= 11 is 3.41. The van der Waals surface area contributed by atoms with Gasteiger partial charge in [-0.3, -0.25) is 14.4 Å². The van der Waals surface area contributed by atoms with Crippen LogP contribution in [0.25, 0.3) is 17.9 Å². The molecule has 3 aliphatic rings. The van der Waals surface area contributed by atoms with E-state index in [1.807, 2.05) is 36.4 Å². The van der Waals surface area contributed by atoms with Gasteiger partial charge in [0.2, 0.25) is 5.78 Å². The van der Waals surface area contributed by atoms with Crippen LogP contribution in [0.1, 0.15) is 35.1 Å². The zero-order valence-corrected chi connectivity index (χ0v) is 21.4. The van der Waals surface area contributed by atoms with Gasteiger partial charge in [0, 0.05) is 29.5 Å². The van der Waals surface area contributed by atoms with Crippen molar-refractivity contribution in [2.24, 2.45) is 17.6 Å². The fourth-order valence-electron chi connectivity index (χ4n) is 5.90. The Hall–Kier alpha value is -3.69. The first kappa shape index (κ1) is 25.0. The number of ether oxygens (including phenoxy) is 1. The van der Waals surface area contributed by atoms with E-state index in [0.29, 0.717) is 12.0 Å². The first-order valence-corrected chi connectivity index (χ1v) is 12.5. The Balaban J connectivity index is 1.64. The minimum absolute atomic E-state index is 0.0142. The van der Waals surface area contributed by atoms with Crippen molar-refractivity contribution >= 4 is 51.3 Å². The summed E-state index contributed by atoms with van der Waals surface area (Å²) in [4.78, 5) is 38.4. The minimum Gasteiger partial charge on any atom is -0.508 e. The number of aliphatic hydroxyl groups is 2. The smallest absolute Gasteiger partial charge is 0.255 e. The molecule has 1 saturated carbocycles. The second-order valence-electron chi connectivity index (χ2n) is 9.49. The number of halogens is 1. The molecular weight excluding hydrogens is 542 g/mol. The molecule has 0 aliphatic heterocycles. The molecule has 0 radical (unpaired) electrons. The number of aromatic hydroxyl groups is 1. The van der Waals surface area contributed by atoms with Gasteiger partial charge >= 0.3 is 0 Å². The lowest BCUT2D eigenvalue weighted by Crippen LogP contribution is -2.59. The second-order valence-corrected chi connectivity index (χ2v) is 10.4. The van der Waals surface area contributed by atoms with Crippen molar-refractivity contribution < 1.29 is 34.4 Å². The first-order chi connectivity index (χ1) is 17.6. The van der Waals surface area contributed by atoms with Gasteiger partial charge in [0.1, 0.15) is 22.8 Å². The van der Waals surface area contributed by atoms with Crippen LogP contribution in [0.15, 0.2) is 57.8 Å². The third-order valence-corrected chi connectivity index (χ3v) is 8.13. The monoisotopic (exact) mass is 565 g/mol. The van der Waals surface area contributed by atoms with E-state index in [-0.39, 0.29) is 29.7 Å². The number of amides is 1. The van der Waals surface area contributed by atoms with E-state index in [0.717, 1.165) is 15.6 Å². The molecule has 8 nitrogen and oxygen atoms in total. The Morgan fingerprint density at radius 2 is 1.78 bits per heavy atom. The molecule has 37 heavy (non-hydrogen) atoms. The molecule has 2 aromatic rings. The quantitative estimate of drug-likeness (QED) is 0.323. The van der Waals surface area contributed by atoms with Crippen LogP contribution in [0.2, 0.25) is 0 Å². The normalized spacial score (nSPS) is 25.2. The van der Waals surface area contributed by atoms with Crippen molar-refractivity contribution in [1.82, 2.24) is 0 Å². The number of rotatable bonds is 4. The predicted molar refractivity (Wildman–Crippen MR) is 139 cm³/mol. The first-order valence-electron chi connectivity index (χ1n) is 11.7. The standard InChI is InChI=1S/C28H24BrNO7/c1-37-28-16(12-20(32)23(26(28)35)27(30)36)10-15-11-18-14(5-2-13-3-7-17(29)8-4-13)6-9-19(31)22(18)24(33)21(15)25(28)34/h2-9,15-16,31,33,35H,10-12H2,1H3,(H2,30,36)/b5-2+/t15-,16+,28+/m1/s1. The average molecular weight is 566 g/mol. The molecule has 1 fully saturated rings. The number of carbonyl (C=O) groups is 3. The lowest BCUT2D eigenvalue weighted by molar-refractivity contribution is -0.153. The van der Waals surface area contributed by atoms with Gasteiger partial charge < -0.3 is 25.8 Å². The summed E-state index contributed by atoms with van der Waals surface area (Å²) in [5, 5.41) is 32.9. The highest BCUT2D eigenvalue weighted by Gasteiger charge is 2.61. The largest absolute Gasteiger partial charge is 0.508 e. The van der Waals surface area contributed by atoms with Crippen LogP contribution in [0.5, 0.6) is 5.75 Å². The van der Waals surface area contributed by atoms with Gasteiger partial charge in [-0.15, -0.1) is 0 Å². The van der Waals surface area contributed by atoms with Crippen LogP contribution < -0.4 is 5.73 Å². The Bertz CT molecular complexity index is 1450. The molecule has 0 heterocycles. The number of carbonyl (C=O) groups excluding carboxylic acids is 3. The van der Waals surface area contributed by atoms with Crippen LogP contribution in [0.3, 0.4) is 0 Å². The summed E-state index contributed by atoms with van der Waals surface area (Å²) in [6, 6.07) is 10.9. The molecule has 0 spiro atoms. The molecule has 0 saturated heterocycles. The van der Waals surface area contributed by atoms with E-state index < -0.39 is 52.0 Å². The van der Waals surface area contributed by atoms with Crippen molar-refractivity contribution in [2.45, 2.75) is 24.9 Å². The third-order valence-electron chi connectivity index (χ3n) is 7.60. The van der Waals surface area contributed by atoms with Gasteiger partial charge in [0.15, 0.2) is 11.4 Å². The summed E-state index contributed by atoms with van der Waals surface area (Å²) in [5.41, 5.74) is 5.12. The molecule has 3 aliphatic carbocycles. The maximum atomic E-state index is 13.9. The number of aliphatic hydroxyl groups excluding tert-OH is 2. The highest BCUT2D eigenvalue weighted by atomic mass is 79.9. The topological polar surface area (TPSA) is 147 Å². The molecule has 190 valence electrons. The van der Waals surface area contributed by atoms with Gasteiger partial charge in [-0.25, -0.2) is 0 Å². The number of primary amides is 1. The number of fused-ring (bicyclic) bond motifs is 3. The van der Waals surface area contributed by atoms with Crippen molar-refractivity contribution in [3.8, 4) is 5.75 Å². The zero-order valence-electron chi connectivity index (χ0n) is 19.8. The molecule has 3 atom stereocenters. The van der Waals surface area contributed by atoms with Crippen LogP contribution in [-0.4, -0.2) is 45.5 Å².